The fourth-order valence-electron chi connectivity index (χ4n) is 5.23. The first-order valence-electron chi connectivity index (χ1n) is 12.9. The predicted octanol–water partition coefficient (Wildman–Crippen LogP) is 6.12. The summed E-state index contributed by atoms with van der Waals surface area (Å²) in [5.41, 5.74) is 2.25. The van der Waals surface area contributed by atoms with Crippen molar-refractivity contribution in [1.29, 1.82) is 0 Å². The van der Waals surface area contributed by atoms with Crippen LogP contribution in [0.4, 0.5) is 5.13 Å². The number of hydrogen-bond acceptors (Lipinski definition) is 9. The lowest BCUT2D eigenvalue weighted by Gasteiger charge is -2.24. The maximum Gasteiger partial charge on any atom is 0.301 e. The molecule has 1 saturated heterocycles. The molecule has 1 aromatic heterocycles. The van der Waals surface area contributed by atoms with Gasteiger partial charge in [-0.25, -0.2) is 4.98 Å². The summed E-state index contributed by atoms with van der Waals surface area (Å²) in [6, 6.07) is 12.7. The lowest BCUT2D eigenvalue weighted by molar-refractivity contribution is -0.132. The number of aliphatic hydroxyl groups is 1. The first-order valence-corrected chi connectivity index (χ1v) is 14.5. The van der Waals surface area contributed by atoms with E-state index in [9.17, 15) is 19.8 Å². The highest BCUT2D eigenvalue weighted by Gasteiger charge is 2.48. The third kappa shape index (κ3) is 4.58. The fraction of sp³-hybridized carbons (Fsp3) is 0.233. The van der Waals surface area contributed by atoms with Gasteiger partial charge < -0.3 is 24.4 Å². The number of benzene rings is 3. The Bertz CT molecular complexity index is 1770. The number of phenols is 1. The summed E-state index contributed by atoms with van der Waals surface area (Å²) >= 11 is 4.58. The minimum absolute atomic E-state index is 0.00272. The van der Waals surface area contributed by atoms with Crippen molar-refractivity contribution in [3.63, 3.8) is 0 Å². The van der Waals surface area contributed by atoms with Crippen molar-refractivity contribution in [1.82, 2.24) is 4.98 Å². The molecule has 2 N–H and O–H groups in total. The second-order valence-electron chi connectivity index (χ2n) is 9.74. The van der Waals surface area contributed by atoms with Crippen LogP contribution in [0.5, 0.6) is 23.0 Å². The smallest absolute Gasteiger partial charge is 0.301 e. The Kier molecular flexibility index (Phi) is 6.87. The van der Waals surface area contributed by atoms with Gasteiger partial charge >= 0.3 is 5.91 Å². The van der Waals surface area contributed by atoms with Crippen LogP contribution in [0.3, 0.4) is 0 Å². The van der Waals surface area contributed by atoms with Crippen LogP contribution in [-0.2, 0) is 16.0 Å². The van der Waals surface area contributed by atoms with Gasteiger partial charge in [0.1, 0.15) is 23.4 Å². The molecule has 0 bridgehead atoms. The Hall–Kier alpha value is -4.09. The van der Waals surface area contributed by atoms with Crippen molar-refractivity contribution in [2.24, 2.45) is 0 Å². The number of aliphatic hydroxyl groups excluding tert-OH is 1. The van der Waals surface area contributed by atoms with Gasteiger partial charge in [-0.05, 0) is 89.4 Å². The van der Waals surface area contributed by atoms with Crippen LogP contribution in [0.2, 0.25) is 0 Å². The summed E-state index contributed by atoms with van der Waals surface area (Å²) in [6.45, 7) is 4.34. The van der Waals surface area contributed by atoms with Crippen molar-refractivity contribution in [3.8, 4) is 23.0 Å². The number of ketones is 1. The zero-order chi connectivity index (χ0) is 29.0. The largest absolute Gasteiger partial charge is 0.507 e. The number of amides is 1. The number of phenolic OH excluding ortho intramolecular Hbond substituents is 1. The number of methoxy groups -OCH3 is 1. The number of rotatable bonds is 6. The number of fused-ring (bicyclic) bond motifs is 2. The molecular formula is C30H25BrN2O7S. The standard InChI is InChI=1S/C30H25BrN2O7S/c1-4-39-18-6-7-20-23(13-18)41-30(32-20)33-25(17-11-19(31)27(35)22(12-17)38-3)24(28(36)29(33)37)26(34)15-5-8-21-16(10-15)9-14(2)40-21/h5-8,10-14,25,34-35H,4,9H2,1-3H3/b26-24+. The van der Waals surface area contributed by atoms with E-state index in [1.807, 2.05) is 19.9 Å². The minimum atomic E-state index is -1.06. The summed E-state index contributed by atoms with van der Waals surface area (Å²) < 4.78 is 17.8. The van der Waals surface area contributed by atoms with Gasteiger partial charge in [0, 0.05) is 12.0 Å². The number of hydrogen-bond donors (Lipinski definition) is 2. The predicted molar refractivity (Wildman–Crippen MR) is 158 cm³/mol. The number of thiazole rings is 1. The molecular weight excluding hydrogens is 612 g/mol. The molecule has 0 aliphatic carbocycles. The third-order valence-electron chi connectivity index (χ3n) is 7.07. The van der Waals surface area contributed by atoms with Crippen LogP contribution in [0.1, 0.15) is 36.6 Å². The Labute approximate surface area is 247 Å². The first-order chi connectivity index (χ1) is 19.7. The van der Waals surface area contributed by atoms with Crippen molar-refractivity contribution < 1.29 is 34.0 Å². The zero-order valence-corrected chi connectivity index (χ0v) is 24.7. The van der Waals surface area contributed by atoms with Crippen LogP contribution in [-0.4, -0.2) is 46.7 Å². The number of carbonyl (C=O) groups excluding carboxylic acids is 2. The van der Waals surface area contributed by atoms with E-state index < -0.39 is 17.7 Å². The number of Topliss-reactive ketones (excluding diaryl/α,β-unsaturated/α-hetero) is 1. The van der Waals surface area contributed by atoms with Gasteiger partial charge in [0.05, 0.1) is 40.0 Å². The number of aromatic hydroxyl groups is 1. The maximum atomic E-state index is 13.7. The zero-order valence-electron chi connectivity index (χ0n) is 22.3. The molecule has 0 spiro atoms. The van der Waals surface area contributed by atoms with Gasteiger partial charge in [0.2, 0.25) is 0 Å². The van der Waals surface area contributed by atoms with Crippen molar-refractivity contribution in [2.45, 2.75) is 32.4 Å². The maximum absolute atomic E-state index is 13.7. The average Bonchev–Trinajstić information content (AvgIpc) is 3.61. The number of aromatic nitrogens is 1. The Morgan fingerprint density at radius 1 is 1.20 bits per heavy atom. The Morgan fingerprint density at radius 3 is 2.76 bits per heavy atom. The molecule has 1 fully saturated rings. The molecule has 3 heterocycles. The number of nitrogens with zero attached hydrogens (tertiary/aromatic N) is 2. The van der Waals surface area contributed by atoms with E-state index in [2.05, 4.69) is 20.9 Å². The number of halogens is 1. The molecule has 41 heavy (non-hydrogen) atoms. The quantitative estimate of drug-likeness (QED) is 0.148. The summed E-state index contributed by atoms with van der Waals surface area (Å²) in [4.78, 5) is 33.3. The van der Waals surface area contributed by atoms with E-state index in [4.69, 9.17) is 14.2 Å². The molecule has 2 aliphatic rings. The van der Waals surface area contributed by atoms with E-state index in [0.29, 0.717) is 39.9 Å². The first kappa shape index (κ1) is 27.1. The van der Waals surface area contributed by atoms with Crippen molar-refractivity contribution in [2.75, 3.05) is 18.6 Å². The molecule has 11 heteroatoms. The summed E-state index contributed by atoms with van der Waals surface area (Å²) in [6.07, 6.45) is 0.656. The lowest BCUT2D eigenvalue weighted by atomic mass is 9.94. The highest BCUT2D eigenvalue weighted by Crippen LogP contribution is 2.48. The van der Waals surface area contributed by atoms with Crippen LogP contribution in [0.15, 0.2) is 58.6 Å². The van der Waals surface area contributed by atoms with E-state index in [0.717, 1.165) is 16.0 Å². The van der Waals surface area contributed by atoms with Gasteiger partial charge in [0.25, 0.3) is 5.78 Å². The molecule has 0 radical (unpaired) electrons. The average molecular weight is 638 g/mol. The van der Waals surface area contributed by atoms with Gasteiger partial charge in [-0.1, -0.05) is 11.3 Å². The molecule has 2 unspecified atom stereocenters. The lowest BCUT2D eigenvalue weighted by Crippen LogP contribution is -2.29. The topological polar surface area (TPSA) is 118 Å². The third-order valence-corrected chi connectivity index (χ3v) is 8.69. The normalized spacial score (nSPS) is 19.5. The second kappa shape index (κ2) is 10.4. The molecule has 4 aromatic rings. The molecule has 6 rings (SSSR count). The Balaban J connectivity index is 1.55. The SMILES string of the molecule is CCOc1ccc2nc(N3C(=O)C(=O)/C(=C(/O)c4ccc5c(c4)CC(C)O5)C3c3cc(Br)c(O)c(OC)c3)sc2c1. The molecule has 2 atom stereocenters. The van der Waals surface area contributed by atoms with Gasteiger partial charge in [0.15, 0.2) is 16.6 Å². The number of carbonyl (C=O) groups is 2. The highest BCUT2D eigenvalue weighted by atomic mass is 79.9. The fourth-order valence-corrected chi connectivity index (χ4v) is 6.71. The van der Waals surface area contributed by atoms with Crippen LogP contribution < -0.4 is 19.1 Å². The van der Waals surface area contributed by atoms with Crippen molar-refractivity contribution >= 4 is 60.1 Å². The second-order valence-corrected chi connectivity index (χ2v) is 11.6. The number of ether oxygens (including phenoxy) is 3. The van der Waals surface area contributed by atoms with Crippen LogP contribution in [0, 0.1) is 0 Å². The van der Waals surface area contributed by atoms with E-state index in [1.54, 1.807) is 36.4 Å². The van der Waals surface area contributed by atoms with Crippen LogP contribution in [0.25, 0.3) is 16.0 Å². The van der Waals surface area contributed by atoms with Gasteiger partial charge in [-0.2, -0.15) is 0 Å². The van der Waals surface area contributed by atoms with E-state index >= 15 is 0 Å². The molecule has 9 nitrogen and oxygen atoms in total. The molecule has 3 aromatic carbocycles. The summed E-state index contributed by atoms with van der Waals surface area (Å²) in [7, 11) is 1.40. The van der Waals surface area contributed by atoms with Crippen LogP contribution >= 0.6 is 27.3 Å². The monoisotopic (exact) mass is 636 g/mol. The van der Waals surface area contributed by atoms with Crippen molar-refractivity contribution in [3.05, 3.63) is 75.3 Å². The molecule has 210 valence electrons. The number of anilines is 1. The van der Waals surface area contributed by atoms with Gasteiger partial charge in [-0.3, -0.25) is 14.5 Å². The molecule has 0 saturated carbocycles. The van der Waals surface area contributed by atoms with E-state index in [-0.39, 0.29) is 34.1 Å². The summed E-state index contributed by atoms with van der Waals surface area (Å²) in [5.74, 6) is -0.619. The van der Waals surface area contributed by atoms with Gasteiger partial charge in [-0.15, -0.1) is 0 Å². The molecule has 1 amide bonds. The summed E-state index contributed by atoms with van der Waals surface area (Å²) in [5, 5.41) is 22.3. The minimum Gasteiger partial charge on any atom is -0.507 e. The Morgan fingerprint density at radius 2 is 2.00 bits per heavy atom. The highest BCUT2D eigenvalue weighted by molar-refractivity contribution is 9.10. The van der Waals surface area contributed by atoms with E-state index in [1.165, 1.54) is 29.4 Å². The molecule has 2 aliphatic heterocycles.